The third-order valence-electron chi connectivity index (χ3n) is 26.9. The maximum absolute atomic E-state index is 6.49. The number of nitrogens with zero attached hydrogens (tertiary/aromatic N) is 5. The van der Waals surface area contributed by atoms with E-state index in [-0.39, 0.29) is 37.1 Å². The molecule has 0 heterocycles. The highest BCUT2D eigenvalue weighted by Gasteiger charge is 2.20. The van der Waals surface area contributed by atoms with Gasteiger partial charge in [-0.25, -0.2) is 0 Å². The Morgan fingerprint density at radius 1 is 0.240 bits per heavy atom. The maximum atomic E-state index is 6.49. The van der Waals surface area contributed by atoms with E-state index in [9.17, 15) is 0 Å². The first-order chi connectivity index (χ1) is 70.5. The number of fused-ring (bicyclic) bond motifs is 2. The number of nitrogens with one attached hydrogen (secondary N) is 5. The average Bonchev–Trinajstić information content (AvgIpc) is 0.766. The van der Waals surface area contributed by atoms with Gasteiger partial charge in [-0.05, 0) is 337 Å². The molecule has 0 spiro atoms. The fourth-order valence-electron chi connectivity index (χ4n) is 18.9. The summed E-state index contributed by atoms with van der Waals surface area (Å²) in [6, 6.07) is 134. The minimum Gasteiger partial charge on any atom is -0.388 e. The SMILES string of the molecule is C=c1ccc(=C(c2ccc(N(CC)CC)cc2)c2ccc(NC)c3ccccc23)cc1.C=c1ccc(=C(c2ccc(N(CC)CC)cc2)c2ccc(NCC)c3ccccc23)cc1.C=c1ccc(=C(c2ccc(NC)c(Cl)c2)c2ccc(N(C)C)cc2C)cc1.C=c1ccc(=C(c2ccc(NC)cc2)c2ccc(N(CC)CC)cc2)cc1.C=c1ccc(=C(c2ccc(NCC)cc2)c2ccc(N(CC)CC)cc2)cc1.[CH3-].[CH3-].[CH3-].[CH3-].[CH3-]. The third-order valence-corrected chi connectivity index (χ3v) is 27.2. The molecule has 0 aliphatic heterocycles. The number of halogens is 1. The largest absolute Gasteiger partial charge is 0.388 e. The molecule has 150 heavy (non-hydrogen) atoms. The normalized spacial score (nSPS) is 10.3. The van der Waals surface area contributed by atoms with Gasteiger partial charge in [0.25, 0.3) is 0 Å². The molecule has 10 nitrogen and oxygen atoms in total. The standard InChI is InChI=1S/C30H32N2.C29H30N2.C26H30N2.C25H28N2.C24H25ClN2.5CH3/c1-5-31-29-21-20-28(26-10-8-9-11-27(26)29)30(23-14-12-22(4)13-15-23)24-16-18-25(19-17-24)32(6-2)7-3;1-5-31(6-2)24-17-15-23(16-18-24)29(22-13-11-21(3)12-14-22)27-19-20-28(30-4)26-10-8-7-9-25(26)27;1-5-27-24-16-12-22(13-17-24)26(21-10-8-20(4)9-11-21)23-14-18-25(19-15-23)28(6-2)7-3;1-5-27(6-2)24-17-13-22(14-18-24)25(20-9-7-19(3)8-10-20)21-11-15-23(26-4)16-12-21;1-16-6-8-18(9-7-16)24(19-10-13-23(26-3)22(25)15-19)21-12-11-20(27(4)5)14-17(21)2;;;;;/h8-21,31H,4-7H2,1-3H3;7-20,30H,3,5-6H2,1-2,4H3;8-19,27H,4-7H2,1-3H3;7-18,26H,3,5-6H2,1-2,4H3;6-15,26H,1H2,2-5H3;5*1H3/q;;;;;5*-1. The molecule has 0 aromatic heterocycles. The Morgan fingerprint density at radius 3 is 0.780 bits per heavy atom. The van der Waals surface area contributed by atoms with Crippen LogP contribution in [0.4, 0.5) is 56.9 Å². The lowest BCUT2D eigenvalue weighted by Gasteiger charge is -2.22. The van der Waals surface area contributed by atoms with Crippen molar-refractivity contribution in [2.45, 2.75) is 76.2 Å². The van der Waals surface area contributed by atoms with Crippen LogP contribution in [0.5, 0.6) is 0 Å². The Kier molecular flexibility index (Phi) is 46.8. The zero-order chi connectivity index (χ0) is 103. The van der Waals surface area contributed by atoms with Crippen LogP contribution in [0.1, 0.15) is 130 Å². The molecule has 0 unspecified atom stereocenters. The van der Waals surface area contributed by atoms with Gasteiger partial charge in [-0.3, -0.25) is 0 Å². The summed E-state index contributed by atoms with van der Waals surface area (Å²) in [5.74, 6) is 0. The lowest BCUT2D eigenvalue weighted by atomic mass is 9.90. The molecule has 0 aliphatic rings. The number of aryl methyl sites for hydroxylation is 1. The number of rotatable bonds is 30. The van der Waals surface area contributed by atoms with Gasteiger partial charge in [-0.15, -0.1) is 0 Å². The van der Waals surface area contributed by atoms with Gasteiger partial charge in [0, 0.05) is 163 Å². The Hall–Kier alpha value is -15.8. The van der Waals surface area contributed by atoms with Crippen molar-refractivity contribution in [1.29, 1.82) is 0 Å². The van der Waals surface area contributed by atoms with E-state index in [0.717, 1.165) is 125 Å². The second kappa shape index (κ2) is 58.7. The molecule has 0 fully saturated rings. The lowest BCUT2D eigenvalue weighted by molar-refractivity contribution is 0.866. The first kappa shape index (κ1) is 119. The molecule has 11 heteroatoms. The molecule has 0 aliphatic carbocycles. The summed E-state index contributed by atoms with van der Waals surface area (Å²) in [5, 5.41) is 33.3. The number of benzene rings is 17. The van der Waals surface area contributed by atoms with Gasteiger partial charge in [0.05, 0.1) is 10.7 Å². The van der Waals surface area contributed by atoms with Crippen molar-refractivity contribution >= 4 is 151 Å². The molecule has 5 N–H and O–H groups in total. The first-order valence-corrected chi connectivity index (χ1v) is 51.6. The molecule has 0 bridgehead atoms. The van der Waals surface area contributed by atoms with Gasteiger partial charge in [-0.1, -0.05) is 311 Å². The summed E-state index contributed by atoms with van der Waals surface area (Å²) < 4.78 is 0. The van der Waals surface area contributed by atoms with Crippen molar-refractivity contribution in [2.75, 3.05) is 152 Å². The smallest absolute Gasteiger partial charge is 0.0643 e. The van der Waals surface area contributed by atoms with Crippen LogP contribution in [0.3, 0.4) is 0 Å². The maximum Gasteiger partial charge on any atom is 0.0643 e. The predicted octanol–water partition coefficient (Wildman–Crippen LogP) is 26.7. The fraction of sp³-hybridized carbons (Fsp3) is 0.187. The number of hydrogen-bond acceptors (Lipinski definition) is 10. The predicted molar refractivity (Wildman–Crippen MR) is 671 cm³/mol. The van der Waals surface area contributed by atoms with Crippen molar-refractivity contribution < 1.29 is 0 Å². The lowest BCUT2D eigenvalue weighted by Crippen LogP contribution is -2.21. The average molecular weight is 2010 g/mol. The molecular weight excluding hydrogens is 1850 g/mol. The quantitative estimate of drug-likeness (QED) is 0.0281. The fourth-order valence-corrected chi connectivity index (χ4v) is 19.2. The van der Waals surface area contributed by atoms with Crippen LogP contribution >= 0.6 is 11.6 Å². The van der Waals surface area contributed by atoms with Crippen LogP contribution in [-0.2, 0) is 0 Å². The monoisotopic (exact) mass is 2000 g/mol. The Labute approximate surface area is 904 Å². The summed E-state index contributed by atoms with van der Waals surface area (Å²) in [4.78, 5) is 11.6. The van der Waals surface area contributed by atoms with E-state index in [1.807, 2.05) is 45.4 Å². The summed E-state index contributed by atoms with van der Waals surface area (Å²) in [6.07, 6.45) is 0. The zero-order valence-electron chi connectivity index (χ0n) is 93.0. The van der Waals surface area contributed by atoms with Crippen molar-refractivity contribution in [2.24, 2.45) is 0 Å². The van der Waals surface area contributed by atoms with Crippen LogP contribution in [0.15, 0.2) is 376 Å². The van der Waals surface area contributed by atoms with Crippen LogP contribution in [0.25, 0.3) is 82.3 Å². The minimum absolute atomic E-state index is 0. The molecule has 17 aromatic rings. The summed E-state index contributed by atoms with van der Waals surface area (Å²) in [5.41, 5.74) is 31.2. The molecule has 0 saturated carbocycles. The highest BCUT2D eigenvalue weighted by atomic mass is 35.5. The van der Waals surface area contributed by atoms with E-state index in [0.29, 0.717) is 5.02 Å². The Balaban J connectivity index is 0.000000227. The van der Waals surface area contributed by atoms with E-state index in [1.165, 1.54) is 160 Å². The van der Waals surface area contributed by atoms with E-state index in [4.69, 9.17) is 11.6 Å². The van der Waals surface area contributed by atoms with Crippen molar-refractivity contribution in [3.05, 3.63) is 532 Å². The van der Waals surface area contributed by atoms with Crippen molar-refractivity contribution in [1.82, 2.24) is 0 Å². The molecule has 778 valence electrons. The van der Waals surface area contributed by atoms with Gasteiger partial charge in [-0.2, -0.15) is 0 Å². The van der Waals surface area contributed by atoms with Gasteiger partial charge in [0.2, 0.25) is 0 Å². The van der Waals surface area contributed by atoms with Crippen molar-refractivity contribution in [3.63, 3.8) is 0 Å². The molecule has 0 saturated heterocycles. The molecule has 0 amide bonds. The topological polar surface area (TPSA) is 76.3 Å². The van der Waals surface area contributed by atoms with E-state index in [2.05, 4.69) is 526 Å². The van der Waals surface area contributed by atoms with E-state index >= 15 is 0 Å². The van der Waals surface area contributed by atoms with Crippen LogP contribution in [-0.4, -0.2) is 101 Å². The zero-order valence-corrected chi connectivity index (χ0v) is 93.8. The third kappa shape index (κ3) is 29.9. The van der Waals surface area contributed by atoms with Gasteiger partial charge in [0.15, 0.2) is 0 Å². The molecule has 0 radical (unpaired) electrons. The highest BCUT2D eigenvalue weighted by molar-refractivity contribution is 6.33. The van der Waals surface area contributed by atoms with E-state index in [1.54, 1.807) is 0 Å². The van der Waals surface area contributed by atoms with Crippen LogP contribution in [0.2, 0.25) is 5.02 Å². The van der Waals surface area contributed by atoms with Gasteiger partial charge >= 0.3 is 0 Å². The van der Waals surface area contributed by atoms with Crippen LogP contribution in [0, 0.1) is 44.1 Å². The van der Waals surface area contributed by atoms with Crippen LogP contribution < -0.4 is 103 Å². The number of anilines is 10. The second-order valence-corrected chi connectivity index (χ2v) is 36.6. The summed E-state index contributed by atoms with van der Waals surface area (Å²) in [7, 11) is 9.91. The molecular formula is C139H160ClN10-5. The van der Waals surface area contributed by atoms with Gasteiger partial charge < -0.3 is 88.2 Å². The first-order valence-electron chi connectivity index (χ1n) is 51.3. The molecule has 17 aromatic carbocycles. The second-order valence-electron chi connectivity index (χ2n) is 36.2. The highest BCUT2D eigenvalue weighted by Crippen LogP contribution is 2.38. The summed E-state index contributed by atoms with van der Waals surface area (Å²) >= 11 is 6.49. The van der Waals surface area contributed by atoms with E-state index < -0.39 is 0 Å². The Bertz CT molecular complexity index is 7730. The minimum atomic E-state index is 0. The molecule has 0 atom stereocenters. The number of hydrogen-bond donors (Lipinski definition) is 5. The summed E-state index contributed by atoms with van der Waals surface area (Å²) in [6.45, 7) is 54.1. The van der Waals surface area contributed by atoms with Crippen molar-refractivity contribution in [3.8, 4) is 0 Å². The molecule has 17 rings (SSSR count). The Morgan fingerprint density at radius 2 is 0.493 bits per heavy atom. The van der Waals surface area contributed by atoms with Gasteiger partial charge in [0.1, 0.15) is 0 Å².